The summed E-state index contributed by atoms with van der Waals surface area (Å²) in [5, 5.41) is 12.7. The van der Waals surface area contributed by atoms with Gasteiger partial charge in [-0.25, -0.2) is 0 Å². The van der Waals surface area contributed by atoms with Gasteiger partial charge in [-0.05, 0) is 51.9 Å². The zero-order valence-electron chi connectivity index (χ0n) is 19.3. The summed E-state index contributed by atoms with van der Waals surface area (Å²) in [6.45, 7) is 0. The van der Waals surface area contributed by atoms with Crippen molar-refractivity contribution in [1.29, 1.82) is 0 Å². The standard InChI is InChI=1S/C32H20BrN3/c33-24-17-14-22(15-18-24)31-34-35-32-28-13-7-6-12-27(28)29-20-23(16-19-30(29)36(31)32)26-11-5-4-10-25(26)21-8-2-1-3-9-21/h1-20H. The first-order valence-electron chi connectivity index (χ1n) is 11.9. The van der Waals surface area contributed by atoms with Gasteiger partial charge in [-0.2, -0.15) is 0 Å². The van der Waals surface area contributed by atoms with Crippen LogP contribution in [0.4, 0.5) is 0 Å². The van der Waals surface area contributed by atoms with Gasteiger partial charge in [0.2, 0.25) is 0 Å². The van der Waals surface area contributed by atoms with Gasteiger partial charge in [-0.3, -0.25) is 4.40 Å². The Labute approximate surface area is 216 Å². The van der Waals surface area contributed by atoms with Crippen molar-refractivity contribution in [3.8, 4) is 33.6 Å². The number of benzene rings is 5. The molecule has 7 aromatic rings. The number of fused-ring (bicyclic) bond motifs is 6. The molecule has 0 spiro atoms. The fraction of sp³-hybridized carbons (Fsp3) is 0. The molecule has 0 aliphatic carbocycles. The van der Waals surface area contributed by atoms with Crippen molar-refractivity contribution in [2.24, 2.45) is 0 Å². The van der Waals surface area contributed by atoms with Crippen molar-refractivity contribution in [1.82, 2.24) is 14.6 Å². The zero-order chi connectivity index (χ0) is 24.1. The molecule has 36 heavy (non-hydrogen) atoms. The number of rotatable bonds is 3. The van der Waals surface area contributed by atoms with Gasteiger partial charge in [0.15, 0.2) is 11.5 Å². The quantitative estimate of drug-likeness (QED) is 0.216. The highest BCUT2D eigenvalue weighted by atomic mass is 79.9. The summed E-state index contributed by atoms with van der Waals surface area (Å²) in [4.78, 5) is 0. The van der Waals surface area contributed by atoms with Crippen LogP contribution in [0, 0.1) is 0 Å². The molecule has 0 unspecified atom stereocenters. The molecule has 170 valence electrons. The summed E-state index contributed by atoms with van der Waals surface area (Å²) in [7, 11) is 0. The fourth-order valence-electron chi connectivity index (χ4n) is 5.10. The van der Waals surface area contributed by atoms with Gasteiger partial charge in [0.1, 0.15) is 0 Å². The molecule has 0 amide bonds. The summed E-state index contributed by atoms with van der Waals surface area (Å²) in [6, 6.07) is 42.6. The van der Waals surface area contributed by atoms with Crippen molar-refractivity contribution >= 4 is 43.3 Å². The Morgan fingerprint density at radius 2 is 1.14 bits per heavy atom. The van der Waals surface area contributed by atoms with E-state index < -0.39 is 0 Å². The van der Waals surface area contributed by atoms with E-state index in [1.54, 1.807) is 0 Å². The van der Waals surface area contributed by atoms with Gasteiger partial charge < -0.3 is 0 Å². The Morgan fingerprint density at radius 3 is 1.92 bits per heavy atom. The lowest BCUT2D eigenvalue weighted by Gasteiger charge is -2.14. The van der Waals surface area contributed by atoms with Crippen LogP contribution < -0.4 is 0 Å². The largest absolute Gasteiger partial charge is 0.274 e. The molecular weight excluding hydrogens is 506 g/mol. The number of nitrogens with zero attached hydrogens (tertiary/aromatic N) is 3. The van der Waals surface area contributed by atoms with E-state index in [1.165, 1.54) is 33.0 Å². The van der Waals surface area contributed by atoms with E-state index in [9.17, 15) is 0 Å². The van der Waals surface area contributed by atoms with Gasteiger partial charge in [0, 0.05) is 20.8 Å². The Balaban J connectivity index is 1.54. The molecule has 0 aliphatic rings. The van der Waals surface area contributed by atoms with E-state index in [0.717, 1.165) is 32.4 Å². The molecule has 0 fully saturated rings. The van der Waals surface area contributed by atoms with Crippen molar-refractivity contribution in [3.63, 3.8) is 0 Å². The summed E-state index contributed by atoms with van der Waals surface area (Å²) in [6.07, 6.45) is 0. The Kier molecular flexibility index (Phi) is 4.93. The molecule has 7 rings (SSSR count). The monoisotopic (exact) mass is 525 g/mol. The zero-order valence-corrected chi connectivity index (χ0v) is 20.9. The van der Waals surface area contributed by atoms with Crippen LogP contribution in [0.2, 0.25) is 0 Å². The lowest BCUT2D eigenvalue weighted by atomic mass is 9.93. The summed E-state index contributed by atoms with van der Waals surface area (Å²) in [5.41, 5.74) is 7.82. The normalized spacial score (nSPS) is 11.5. The predicted molar refractivity (Wildman–Crippen MR) is 152 cm³/mol. The van der Waals surface area contributed by atoms with Crippen LogP contribution in [-0.2, 0) is 0 Å². The first-order valence-corrected chi connectivity index (χ1v) is 12.7. The van der Waals surface area contributed by atoms with Gasteiger partial charge in [0.05, 0.1) is 5.52 Å². The second kappa shape index (κ2) is 8.43. The van der Waals surface area contributed by atoms with Crippen LogP contribution in [0.25, 0.3) is 61.0 Å². The van der Waals surface area contributed by atoms with Crippen LogP contribution >= 0.6 is 15.9 Å². The average molecular weight is 526 g/mol. The van der Waals surface area contributed by atoms with Gasteiger partial charge >= 0.3 is 0 Å². The maximum absolute atomic E-state index is 4.63. The number of pyridine rings is 1. The second-order valence-corrected chi connectivity index (χ2v) is 9.79. The third kappa shape index (κ3) is 3.34. The van der Waals surface area contributed by atoms with Gasteiger partial charge in [-0.15, -0.1) is 10.2 Å². The van der Waals surface area contributed by atoms with E-state index in [4.69, 9.17) is 0 Å². The second-order valence-electron chi connectivity index (χ2n) is 8.88. The minimum absolute atomic E-state index is 0.839. The van der Waals surface area contributed by atoms with Gasteiger partial charge in [0.25, 0.3) is 0 Å². The highest BCUT2D eigenvalue weighted by molar-refractivity contribution is 9.10. The molecule has 0 aliphatic heterocycles. The van der Waals surface area contributed by atoms with E-state index in [-0.39, 0.29) is 0 Å². The molecule has 3 nitrogen and oxygen atoms in total. The molecule has 2 aromatic heterocycles. The average Bonchev–Trinajstić information content (AvgIpc) is 3.39. The van der Waals surface area contributed by atoms with Crippen molar-refractivity contribution in [2.45, 2.75) is 0 Å². The third-order valence-electron chi connectivity index (χ3n) is 6.78. The molecule has 0 saturated heterocycles. The first kappa shape index (κ1) is 21.0. The minimum atomic E-state index is 0.839. The molecular formula is C32H20BrN3. The van der Waals surface area contributed by atoms with E-state index in [0.29, 0.717) is 0 Å². The molecule has 0 bridgehead atoms. The predicted octanol–water partition coefficient (Wildman–Crippen LogP) is 8.80. The number of halogens is 1. The number of aromatic nitrogens is 3. The van der Waals surface area contributed by atoms with E-state index >= 15 is 0 Å². The van der Waals surface area contributed by atoms with E-state index in [2.05, 4.69) is 140 Å². The highest BCUT2D eigenvalue weighted by Gasteiger charge is 2.17. The highest BCUT2D eigenvalue weighted by Crippen LogP contribution is 2.37. The smallest absolute Gasteiger partial charge is 0.169 e. The van der Waals surface area contributed by atoms with Gasteiger partial charge in [-0.1, -0.05) is 113 Å². The van der Waals surface area contributed by atoms with Crippen molar-refractivity contribution in [3.05, 3.63) is 126 Å². The minimum Gasteiger partial charge on any atom is -0.274 e. The van der Waals surface area contributed by atoms with Crippen molar-refractivity contribution < 1.29 is 0 Å². The first-order chi connectivity index (χ1) is 17.8. The summed E-state index contributed by atoms with van der Waals surface area (Å²) < 4.78 is 3.23. The van der Waals surface area contributed by atoms with Crippen molar-refractivity contribution in [2.75, 3.05) is 0 Å². The van der Waals surface area contributed by atoms with Crippen LogP contribution in [0.15, 0.2) is 126 Å². The SMILES string of the molecule is Brc1ccc(-c2nnc3c4ccccc4c4cc(-c5ccccc5-c5ccccc5)ccc4n23)cc1. The molecule has 0 atom stereocenters. The maximum Gasteiger partial charge on any atom is 0.169 e. The molecule has 0 radical (unpaired) electrons. The molecule has 2 heterocycles. The number of hydrogen-bond acceptors (Lipinski definition) is 2. The number of hydrogen-bond donors (Lipinski definition) is 0. The summed E-state index contributed by atoms with van der Waals surface area (Å²) >= 11 is 3.54. The molecule has 0 saturated carbocycles. The Hall–Kier alpha value is -4.28. The molecule has 5 aromatic carbocycles. The molecule has 0 N–H and O–H groups in total. The third-order valence-corrected chi connectivity index (χ3v) is 7.31. The van der Waals surface area contributed by atoms with Crippen LogP contribution in [0.3, 0.4) is 0 Å². The lowest BCUT2D eigenvalue weighted by Crippen LogP contribution is -1.95. The topological polar surface area (TPSA) is 30.2 Å². The molecule has 4 heteroatoms. The Bertz CT molecular complexity index is 1890. The Morgan fingerprint density at radius 1 is 0.500 bits per heavy atom. The van der Waals surface area contributed by atoms with Crippen LogP contribution in [-0.4, -0.2) is 14.6 Å². The maximum atomic E-state index is 4.63. The summed E-state index contributed by atoms with van der Waals surface area (Å²) in [5.74, 6) is 0.839. The van der Waals surface area contributed by atoms with Crippen LogP contribution in [0.1, 0.15) is 0 Å². The fourth-order valence-corrected chi connectivity index (χ4v) is 5.37. The van der Waals surface area contributed by atoms with Crippen LogP contribution in [0.5, 0.6) is 0 Å². The van der Waals surface area contributed by atoms with E-state index in [1.807, 2.05) is 12.1 Å². The lowest BCUT2D eigenvalue weighted by molar-refractivity contribution is 1.12.